The Hall–Kier alpha value is -1.35. The lowest BCUT2D eigenvalue weighted by atomic mass is 9.77. The van der Waals surface area contributed by atoms with E-state index in [2.05, 4.69) is 12.1 Å². The molecule has 1 aromatic rings. The number of aliphatic hydroxyl groups is 1. The van der Waals surface area contributed by atoms with Crippen LogP contribution in [0.5, 0.6) is 5.75 Å². The molecule has 2 saturated carbocycles. The molecule has 3 heteroatoms. The number of benzene rings is 1. The number of hydrogen-bond donors (Lipinski definition) is 1. The van der Waals surface area contributed by atoms with Gasteiger partial charge in [0.2, 0.25) is 0 Å². The molecule has 4 rings (SSSR count). The standard InChI is InChI=1S/C21H28O3.2H2/c1-21(23)18-13-16(14-8-4-2-5-9-14)12-17(19(18)24-20(21)22)15-10-6-3-7-11-15;;/h12-15,23H,2-11H2,1H3;2*1H. The summed E-state index contributed by atoms with van der Waals surface area (Å²) in [5, 5.41) is 10.7. The van der Waals surface area contributed by atoms with Gasteiger partial charge >= 0.3 is 5.97 Å². The van der Waals surface area contributed by atoms with Crippen LogP contribution in [-0.4, -0.2) is 11.1 Å². The molecule has 2 fully saturated rings. The zero-order chi connectivity index (χ0) is 16.7. The molecule has 3 nitrogen and oxygen atoms in total. The van der Waals surface area contributed by atoms with Gasteiger partial charge in [-0.15, -0.1) is 0 Å². The van der Waals surface area contributed by atoms with E-state index in [1.165, 1.54) is 75.3 Å². The minimum atomic E-state index is -1.50. The van der Waals surface area contributed by atoms with Crippen molar-refractivity contribution in [2.45, 2.75) is 88.6 Å². The average Bonchev–Trinajstić information content (AvgIpc) is 2.85. The fourth-order valence-electron chi connectivity index (χ4n) is 4.84. The maximum Gasteiger partial charge on any atom is 0.348 e. The Morgan fingerprint density at radius 2 is 1.58 bits per heavy atom. The highest BCUT2D eigenvalue weighted by molar-refractivity contribution is 5.89. The lowest BCUT2D eigenvalue weighted by molar-refractivity contribution is -0.150. The van der Waals surface area contributed by atoms with Crippen molar-refractivity contribution in [3.05, 3.63) is 28.8 Å². The van der Waals surface area contributed by atoms with E-state index in [4.69, 9.17) is 4.74 Å². The summed E-state index contributed by atoms with van der Waals surface area (Å²) in [4.78, 5) is 12.2. The first-order valence-electron chi connectivity index (χ1n) is 9.70. The lowest BCUT2D eigenvalue weighted by Gasteiger charge is -2.27. The zero-order valence-corrected chi connectivity index (χ0v) is 14.6. The number of fused-ring (bicyclic) bond motifs is 1. The van der Waals surface area contributed by atoms with Crippen LogP contribution in [0.4, 0.5) is 0 Å². The molecule has 2 aliphatic carbocycles. The second kappa shape index (κ2) is 6.18. The molecule has 1 aliphatic heterocycles. The van der Waals surface area contributed by atoms with Crippen LogP contribution >= 0.6 is 0 Å². The molecule has 0 spiro atoms. The van der Waals surface area contributed by atoms with E-state index in [0.717, 1.165) is 0 Å². The van der Waals surface area contributed by atoms with Crippen molar-refractivity contribution >= 4 is 5.97 Å². The first-order chi connectivity index (χ1) is 11.6. The van der Waals surface area contributed by atoms with Crippen molar-refractivity contribution in [1.82, 2.24) is 0 Å². The Bertz CT molecular complexity index is 645. The van der Waals surface area contributed by atoms with Crippen LogP contribution in [0.15, 0.2) is 12.1 Å². The van der Waals surface area contributed by atoms with Gasteiger partial charge in [0.05, 0.1) is 0 Å². The fourth-order valence-corrected chi connectivity index (χ4v) is 4.84. The second-order valence-electron chi connectivity index (χ2n) is 8.12. The van der Waals surface area contributed by atoms with Gasteiger partial charge in [-0.1, -0.05) is 44.6 Å². The van der Waals surface area contributed by atoms with Gasteiger partial charge in [0.1, 0.15) is 5.75 Å². The third-order valence-corrected chi connectivity index (χ3v) is 6.38. The van der Waals surface area contributed by atoms with Gasteiger partial charge in [0.15, 0.2) is 5.60 Å². The Morgan fingerprint density at radius 1 is 1.00 bits per heavy atom. The van der Waals surface area contributed by atoms with Crippen molar-refractivity contribution in [1.29, 1.82) is 0 Å². The van der Waals surface area contributed by atoms with Crippen LogP contribution in [0.2, 0.25) is 0 Å². The van der Waals surface area contributed by atoms with Gasteiger partial charge in [-0.05, 0) is 61.6 Å². The van der Waals surface area contributed by atoms with Gasteiger partial charge in [0, 0.05) is 8.42 Å². The quantitative estimate of drug-likeness (QED) is 0.582. The minimum Gasteiger partial charge on any atom is -0.423 e. The summed E-state index contributed by atoms with van der Waals surface area (Å²) in [6, 6.07) is 4.36. The van der Waals surface area contributed by atoms with Crippen molar-refractivity contribution in [2.24, 2.45) is 0 Å². The summed E-state index contributed by atoms with van der Waals surface area (Å²) in [7, 11) is 0. The predicted octanol–water partition coefficient (Wildman–Crippen LogP) is 5.40. The number of hydrogen-bond acceptors (Lipinski definition) is 3. The van der Waals surface area contributed by atoms with Crippen LogP contribution in [0, 0.1) is 0 Å². The molecular weight excluding hydrogens is 300 g/mol. The highest BCUT2D eigenvalue weighted by Crippen LogP contribution is 2.48. The molecule has 1 unspecified atom stereocenters. The summed E-state index contributed by atoms with van der Waals surface area (Å²) in [5.74, 6) is 1.18. The van der Waals surface area contributed by atoms with Crippen molar-refractivity contribution in [2.75, 3.05) is 0 Å². The summed E-state index contributed by atoms with van der Waals surface area (Å²) in [5.41, 5.74) is 1.70. The molecule has 1 N–H and O–H groups in total. The monoisotopic (exact) mass is 332 g/mol. The van der Waals surface area contributed by atoms with E-state index < -0.39 is 11.6 Å². The molecule has 3 aliphatic rings. The number of carbonyl (C=O) groups excluding carboxylic acids is 1. The molecule has 134 valence electrons. The molecule has 0 bridgehead atoms. The van der Waals surface area contributed by atoms with E-state index in [-0.39, 0.29) is 2.85 Å². The fraction of sp³-hybridized carbons (Fsp3) is 0.667. The molecule has 0 saturated heterocycles. The normalized spacial score (nSPS) is 28.7. The first-order valence-corrected chi connectivity index (χ1v) is 9.70. The van der Waals surface area contributed by atoms with Gasteiger partial charge in [-0.2, -0.15) is 0 Å². The molecule has 24 heavy (non-hydrogen) atoms. The van der Waals surface area contributed by atoms with E-state index >= 15 is 0 Å². The summed E-state index contributed by atoms with van der Waals surface area (Å²) >= 11 is 0. The number of carbonyl (C=O) groups is 1. The maximum atomic E-state index is 12.2. The van der Waals surface area contributed by atoms with Gasteiger partial charge in [0.25, 0.3) is 0 Å². The lowest BCUT2D eigenvalue weighted by Crippen LogP contribution is -2.29. The number of rotatable bonds is 2. The van der Waals surface area contributed by atoms with Gasteiger partial charge < -0.3 is 9.84 Å². The SMILES string of the molecule is CC1(O)C(=O)Oc2c(C3CCCCC3)cc(C3CCCCC3)cc21.[HH].[HH]. The third-order valence-electron chi connectivity index (χ3n) is 6.38. The van der Waals surface area contributed by atoms with Crippen LogP contribution in [-0.2, 0) is 10.4 Å². The second-order valence-corrected chi connectivity index (χ2v) is 8.12. The van der Waals surface area contributed by atoms with Crippen LogP contribution in [0.3, 0.4) is 0 Å². The molecule has 0 radical (unpaired) electrons. The molecular formula is C21H32O3. The molecule has 1 heterocycles. The maximum absolute atomic E-state index is 12.2. The molecule has 0 amide bonds. The summed E-state index contributed by atoms with van der Waals surface area (Å²) in [6.45, 7) is 1.58. The van der Waals surface area contributed by atoms with E-state index in [1.54, 1.807) is 6.92 Å². The van der Waals surface area contributed by atoms with Crippen molar-refractivity contribution < 1.29 is 17.5 Å². The van der Waals surface area contributed by atoms with E-state index in [9.17, 15) is 9.90 Å². The first kappa shape index (κ1) is 16.1. The smallest absolute Gasteiger partial charge is 0.348 e. The van der Waals surface area contributed by atoms with E-state index in [1.807, 2.05) is 0 Å². The van der Waals surface area contributed by atoms with Crippen LogP contribution in [0.25, 0.3) is 0 Å². The highest BCUT2D eigenvalue weighted by atomic mass is 16.6. The summed E-state index contributed by atoms with van der Waals surface area (Å²) in [6.07, 6.45) is 12.5. The Labute approximate surface area is 147 Å². The van der Waals surface area contributed by atoms with Crippen molar-refractivity contribution in [3.8, 4) is 5.75 Å². The Balaban J connectivity index is 0.00000121. The largest absolute Gasteiger partial charge is 0.423 e. The third kappa shape index (κ3) is 2.67. The van der Waals surface area contributed by atoms with Gasteiger partial charge in [-0.3, -0.25) is 0 Å². The summed E-state index contributed by atoms with van der Waals surface area (Å²) < 4.78 is 5.56. The molecule has 1 aromatic carbocycles. The van der Waals surface area contributed by atoms with Crippen LogP contribution < -0.4 is 4.74 Å². The van der Waals surface area contributed by atoms with Crippen molar-refractivity contribution in [3.63, 3.8) is 0 Å². The average molecular weight is 332 g/mol. The van der Waals surface area contributed by atoms with E-state index in [0.29, 0.717) is 23.1 Å². The Kier molecular flexibility index (Phi) is 4.16. The zero-order valence-electron chi connectivity index (χ0n) is 14.6. The predicted molar refractivity (Wildman–Crippen MR) is 97.5 cm³/mol. The van der Waals surface area contributed by atoms with Crippen LogP contribution in [0.1, 0.15) is 103 Å². The minimum absolute atomic E-state index is 0. The number of ether oxygens (including phenoxy) is 1. The Morgan fingerprint density at radius 3 is 2.21 bits per heavy atom. The molecule has 1 atom stereocenters. The highest BCUT2D eigenvalue weighted by Gasteiger charge is 2.46. The topological polar surface area (TPSA) is 46.5 Å². The van der Waals surface area contributed by atoms with Gasteiger partial charge in [-0.25, -0.2) is 4.79 Å². The molecule has 0 aromatic heterocycles. The number of esters is 1.